The van der Waals surface area contributed by atoms with Gasteiger partial charge in [-0.25, -0.2) is 4.79 Å². The van der Waals surface area contributed by atoms with E-state index in [-0.39, 0.29) is 0 Å². The summed E-state index contributed by atoms with van der Waals surface area (Å²) in [5, 5.41) is 16.7. The molecule has 2 fully saturated rings. The Morgan fingerprint density at radius 2 is 2.22 bits per heavy atom. The number of hydrogen-bond acceptors (Lipinski definition) is 3. The highest BCUT2D eigenvalue weighted by Crippen LogP contribution is 2.61. The number of aromatic carboxylic acids is 1. The quantitative estimate of drug-likeness (QED) is 0.838. The summed E-state index contributed by atoms with van der Waals surface area (Å²) in [5.74, 6) is 0.610. The molecule has 5 nitrogen and oxygen atoms in total. The second-order valence-electron chi connectivity index (χ2n) is 5.73. The zero-order valence-corrected chi connectivity index (χ0v) is 10.9. The van der Waals surface area contributed by atoms with Gasteiger partial charge in [-0.3, -0.25) is 4.68 Å². The van der Waals surface area contributed by atoms with E-state index in [4.69, 9.17) is 0 Å². The number of anilines is 1. The number of aromatic nitrogens is 2. The van der Waals surface area contributed by atoms with Gasteiger partial charge in [-0.05, 0) is 43.9 Å². The van der Waals surface area contributed by atoms with Crippen LogP contribution in [0.5, 0.6) is 0 Å². The van der Waals surface area contributed by atoms with E-state index in [0.717, 1.165) is 12.5 Å². The van der Waals surface area contributed by atoms with Crippen LogP contribution in [-0.2, 0) is 7.05 Å². The lowest BCUT2D eigenvalue weighted by atomic mass is 10.0. The standard InChI is InChI=1S/C13H19N3O2/c1-8-10(12(17)18)11(16(2)15-8)14-7-13(5-6-13)9-3-4-9/h9,14H,3-7H2,1-2H3,(H,17,18). The van der Waals surface area contributed by atoms with Gasteiger partial charge in [0.05, 0.1) is 5.69 Å². The number of rotatable bonds is 5. The van der Waals surface area contributed by atoms with Crippen LogP contribution in [0.15, 0.2) is 0 Å². The van der Waals surface area contributed by atoms with Gasteiger partial charge in [-0.2, -0.15) is 5.10 Å². The first-order valence-corrected chi connectivity index (χ1v) is 6.54. The number of carbonyl (C=O) groups is 1. The molecular weight excluding hydrogens is 230 g/mol. The molecule has 1 heterocycles. The Balaban J connectivity index is 1.78. The monoisotopic (exact) mass is 249 g/mol. The minimum atomic E-state index is -0.903. The van der Waals surface area contributed by atoms with E-state index in [1.807, 2.05) is 0 Å². The van der Waals surface area contributed by atoms with Gasteiger partial charge in [0.15, 0.2) is 0 Å². The first kappa shape index (κ1) is 11.6. The molecule has 0 unspecified atom stereocenters. The first-order chi connectivity index (χ1) is 8.53. The minimum Gasteiger partial charge on any atom is -0.477 e. The molecule has 0 amide bonds. The Kier molecular flexibility index (Phi) is 2.40. The van der Waals surface area contributed by atoms with Crippen LogP contribution in [0.1, 0.15) is 41.7 Å². The van der Waals surface area contributed by atoms with Gasteiger partial charge in [0.1, 0.15) is 11.4 Å². The smallest absolute Gasteiger partial charge is 0.341 e. The molecule has 1 aromatic rings. The minimum absolute atomic E-state index is 0.309. The van der Waals surface area contributed by atoms with E-state index in [1.54, 1.807) is 18.7 Å². The third-order valence-corrected chi connectivity index (χ3v) is 4.38. The molecule has 0 saturated heterocycles. The molecule has 1 aromatic heterocycles. The van der Waals surface area contributed by atoms with Gasteiger partial charge in [-0.1, -0.05) is 0 Å². The van der Waals surface area contributed by atoms with Crippen molar-refractivity contribution in [3.05, 3.63) is 11.3 Å². The Labute approximate surface area is 106 Å². The maximum Gasteiger partial charge on any atom is 0.341 e. The van der Waals surface area contributed by atoms with Crippen LogP contribution in [0.2, 0.25) is 0 Å². The summed E-state index contributed by atoms with van der Waals surface area (Å²) < 4.78 is 1.64. The molecule has 0 bridgehead atoms. The lowest BCUT2D eigenvalue weighted by molar-refractivity contribution is 0.0697. The van der Waals surface area contributed by atoms with Crippen molar-refractivity contribution in [3.8, 4) is 0 Å². The second-order valence-corrected chi connectivity index (χ2v) is 5.73. The highest BCUT2D eigenvalue weighted by molar-refractivity contribution is 5.94. The number of carboxylic acid groups (broad SMARTS) is 1. The SMILES string of the molecule is Cc1nn(C)c(NCC2(C3CC3)CC2)c1C(=O)O. The molecule has 0 radical (unpaired) electrons. The predicted octanol–water partition coefficient (Wildman–Crippen LogP) is 2.03. The lowest BCUT2D eigenvalue weighted by Gasteiger charge is -2.16. The third-order valence-electron chi connectivity index (χ3n) is 4.38. The van der Waals surface area contributed by atoms with E-state index in [9.17, 15) is 9.90 Å². The van der Waals surface area contributed by atoms with Crippen LogP contribution < -0.4 is 5.32 Å². The van der Waals surface area contributed by atoms with E-state index in [1.165, 1.54) is 25.7 Å². The molecule has 5 heteroatoms. The highest BCUT2D eigenvalue weighted by atomic mass is 16.4. The highest BCUT2D eigenvalue weighted by Gasteiger charge is 2.53. The summed E-state index contributed by atoms with van der Waals surface area (Å²) in [5.41, 5.74) is 1.33. The summed E-state index contributed by atoms with van der Waals surface area (Å²) in [6.07, 6.45) is 5.25. The number of hydrogen-bond donors (Lipinski definition) is 2. The maximum absolute atomic E-state index is 11.2. The van der Waals surface area contributed by atoms with E-state index < -0.39 is 5.97 Å². The molecule has 2 N–H and O–H groups in total. The summed E-state index contributed by atoms with van der Waals surface area (Å²) in [6, 6.07) is 0. The fraction of sp³-hybridized carbons (Fsp3) is 0.692. The Morgan fingerprint density at radius 1 is 1.56 bits per heavy atom. The largest absolute Gasteiger partial charge is 0.477 e. The van der Waals surface area contributed by atoms with Gasteiger partial charge < -0.3 is 10.4 Å². The number of aryl methyl sites for hydroxylation is 2. The molecule has 2 aliphatic carbocycles. The summed E-state index contributed by atoms with van der Waals surface area (Å²) in [4.78, 5) is 11.2. The molecule has 2 aliphatic rings. The summed E-state index contributed by atoms with van der Waals surface area (Å²) in [6.45, 7) is 2.62. The van der Waals surface area contributed by atoms with Gasteiger partial charge in [-0.15, -0.1) is 0 Å². The molecule has 0 aromatic carbocycles. The third kappa shape index (κ3) is 1.78. The van der Waals surface area contributed by atoms with Crippen LogP contribution in [-0.4, -0.2) is 27.4 Å². The van der Waals surface area contributed by atoms with Crippen LogP contribution >= 0.6 is 0 Å². The van der Waals surface area contributed by atoms with Crippen molar-refractivity contribution in [2.24, 2.45) is 18.4 Å². The van der Waals surface area contributed by atoms with Crippen molar-refractivity contribution < 1.29 is 9.90 Å². The number of carboxylic acids is 1. The molecule has 3 rings (SSSR count). The first-order valence-electron chi connectivity index (χ1n) is 6.54. The summed E-state index contributed by atoms with van der Waals surface area (Å²) in [7, 11) is 1.79. The van der Waals surface area contributed by atoms with Crippen molar-refractivity contribution in [1.29, 1.82) is 0 Å². The van der Waals surface area contributed by atoms with Crippen molar-refractivity contribution >= 4 is 11.8 Å². The van der Waals surface area contributed by atoms with Crippen LogP contribution in [0.3, 0.4) is 0 Å². The van der Waals surface area contributed by atoms with E-state index in [0.29, 0.717) is 22.5 Å². The van der Waals surface area contributed by atoms with Crippen LogP contribution in [0, 0.1) is 18.3 Å². The molecular formula is C13H19N3O2. The van der Waals surface area contributed by atoms with Crippen molar-refractivity contribution in [1.82, 2.24) is 9.78 Å². The topological polar surface area (TPSA) is 67.2 Å². The zero-order chi connectivity index (χ0) is 12.9. The number of nitrogens with zero attached hydrogens (tertiary/aromatic N) is 2. The van der Waals surface area contributed by atoms with Crippen molar-refractivity contribution in [3.63, 3.8) is 0 Å². The Bertz CT molecular complexity index is 499. The summed E-state index contributed by atoms with van der Waals surface area (Å²) >= 11 is 0. The average molecular weight is 249 g/mol. The fourth-order valence-electron chi connectivity index (χ4n) is 2.96. The van der Waals surface area contributed by atoms with Crippen LogP contribution in [0.4, 0.5) is 5.82 Å². The second kappa shape index (κ2) is 3.73. The fourth-order valence-corrected chi connectivity index (χ4v) is 2.96. The molecule has 2 saturated carbocycles. The van der Waals surface area contributed by atoms with Gasteiger partial charge in [0.25, 0.3) is 0 Å². The molecule has 0 spiro atoms. The van der Waals surface area contributed by atoms with Crippen molar-refractivity contribution in [2.45, 2.75) is 32.6 Å². The zero-order valence-electron chi connectivity index (χ0n) is 10.9. The molecule has 0 aliphatic heterocycles. The molecule has 18 heavy (non-hydrogen) atoms. The van der Waals surface area contributed by atoms with Crippen molar-refractivity contribution in [2.75, 3.05) is 11.9 Å². The van der Waals surface area contributed by atoms with Gasteiger partial charge in [0, 0.05) is 13.6 Å². The van der Waals surface area contributed by atoms with Gasteiger partial charge >= 0.3 is 5.97 Å². The normalized spacial score (nSPS) is 20.8. The molecule has 98 valence electrons. The van der Waals surface area contributed by atoms with E-state index in [2.05, 4.69) is 10.4 Å². The Morgan fingerprint density at radius 3 is 2.72 bits per heavy atom. The van der Waals surface area contributed by atoms with E-state index >= 15 is 0 Å². The van der Waals surface area contributed by atoms with Crippen LogP contribution in [0.25, 0.3) is 0 Å². The average Bonchev–Trinajstić information content (AvgIpc) is 3.13. The van der Waals surface area contributed by atoms with Gasteiger partial charge in [0.2, 0.25) is 0 Å². The molecule has 0 atom stereocenters. The Hall–Kier alpha value is -1.52. The maximum atomic E-state index is 11.2. The lowest BCUT2D eigenvalue weighted by Crippen LogP contribution is -2.20. The number of nitrogens with one attached hydrogen (secondary N) is 1. The predicted molar refractivity (Wildman–Crippen MR) is 67.8 cm³/mol.